The van der Waals surface area contributed by atoms with E-state index in [1.807, 2.05) is 26.0 Å². The Hall–Kier alpha value is -1.55. The third kappa shape index (κ3) is 4.31. The van der Waals surface area contributed by atoms with Gasteiger partial charge in [0.25, 0.3) is 0 Å². The first-order valence-electron chi connectivity index (χ1n) is 5.15. The van der Waals surface area contributed by atoms with E-state index in [1.54, 1.807) is 13.2 Å². The Balaban J connectivity index is 2.42. The van der Waals surface area contributed by atoms with Gasteiger partial charge < -0.3 is 14.5 Å². The zero-order chi connectivity index (χ0) is 12.0. The molecule has 0 saturated heterocycles. The fourth-order valence-electron chi connectivity index (χ4n) is 1.28. The summed E-state index contributed by atoms with van der Waals surface area (Å²) in [5.74, 6) is 1.35. The Kier molecular flexibility index (Phi) is 4.79. The zero-order valence-electron chi connectivity index (χ0n) is 9.82. The molecule has 0 aliphatic carbocycles. The molecule has 1 rings (SSSR count). The summed E-state index contributed by atoms with van der Waals surface area (Å²) >= 11 is 0. The van der Waals surface area contributed by atoms with Crippen molar-refractivity contribution in [2.75, 3.05) is 13.7 Å². The van der Waals surface area contributed by atoms with E-state index in [1.165, 1.54) is 6.08 Å². The molecule has 0 aromatic carbocycles. The summed E-state index contributed by atoms with van der Waals surface area (Å²) in [6.07, 6.45) is 3.09. The largest absolute Gasteiger partial charge is 0.462 e. The van der Waals surface area contributed by atoms with Gasteiger partial charge in [0, 0.05) is 19.2 Å². The van der Waals surface area contributed by atoms with Crippen LogP contribution in [-0.2, 0) is 9.53 Å². The van der Waals surface area contributed by atoms with Gasteiger partial charge >= 0.3 is 0 Å². The molecule has 1 atom stereocenters. The van der Waals surface area contributed by atoms with E-state index in [4.69, 9.17) is 9.15 Å². The number of hydrogen-bond donors (Lipinski definition) is 1. The highest BCUT2D eigenvalue weighted by atomic mass is 16.5. The van der Waals surface area contributed by atoms with Crippen LogP contribution < -0.4 is 5.32 Å². The van der Waals surface area contributed by atoms with E-state index in [0.29, 0.717) is 12.4 Å². The molecule has 1 heterocycles. The predicted molar refractivity (Wildman–Crippen MR) is 62.0 cm³/mol. The number of hydrogen-bond acceptors (Lipinski definition) is 3. The lowest BCUT2D eigenvalue weighted by molar-refractivity contribution is -0.117. The third-order valence-corrected chi connectivity index (χ3v) is 1.97. The van der Waals surface area contributed by atoms with Crippen molar-refractivity contribution in [3.05, 3.63) is 29.7 Å². The lowest BCUT2D eigenvalue weighted by Crippen LogP contribution is -2.34. The molecule has 0 aliphatic heterocycles. The van der Waals surface area contributed by atoms with Crippen molar-refractivity contribution in [1.29, 1.82) is 0 Å². The fourth-order valence-corrected chi connectivity index (χ4v) is 1.28. The lowest BCUT2D eigenvalue weighted by Gasteiger charge is -2.10. The second kappa shape index (κ2) is 6.12. The minimum atomic E-state index is -0.154. The van der Waals surface area contributed by atoms with Crippen LogP contribution in [-0.4, -0.2) is 25.7 Å². The Morgan fingerprint density at radius 1 is 1.62 bits per heavy atom. The molecule has 4 nitrogen and oxygen atoms in total. The standard InChI is InChI=1S/C12H17NO3/c1-9(8-15-3)13-12(14)7-6-11-5-4-10(2)16-11/h4-7,9H,8H2,1-3H3,(H,13,14)/b7-6+. The topological polar surface area (TPSA) is 51.5 Å². The van der Waals surface area contributed by atoms with Gasteiger partial charge in [0.1, 0.15) is 11.5 Å². The number of nitrogens with one attached hydrogen (secondary N) is 1. The molecular formula is C12H17NO3. The molecule has 88 valence electrons. The molecule has 1 aromatic heterocycles. The van der Waals surface area contributed by atoms with Crippen molar-refractivity contribution in [3.8, 4) is 0 Å². The Labute approximate surface area is 95.3 Å². The summed E-state index contributed by atoms with van der Waals surface area (Å²) in [5, 5.41) is 2.77. The van der Waals surface area contributed by atoms with Crippen LogP contribution in [0.2, 0.25) is 0 Å². The van der Waals surface area contributed by atoms with Crippen molar-refractivity contribution >= 4 is 12.0 Å². The Morgan fingerprint density at radius 3 is 2.94 bits per heavy atom. The quantitative estimate of drug-likeness (QED) is 0.774. The fraction of sp³-hybridized carbons (Fsp3) is 0.417. The lowest BCUT2D eigenvalue weighted by atomic mass is 10.3. The molecule has 0 fully saturated rings. The van der Waals surface area contributed by atoms with Gasteiger partial charge in [-0.25, -0.2) is 0 Å². The summed E-state index contributed by atoms with van der Waals surface area (Å²) in [6, 6.07) is 3.67. The number of carbonyl (C=O) groups excluding carboxylic acids is 1. The third-order valence-electron chi connectivity index (χ3n) is 1.97. The average molecular weight is 223 g/mol. The van der Waals surface area contributed by atoms with Crippen molar-refractivity contribution in [2.45, 2.75) is 19.9 Å². The van der Waals surface area contributed by atoms with Crippen LogP contribution in [0.3, 0.4) is 0 Å². The van der Waals surface area contributed by atoms with E-state index < -0.39 is 0 Å². The van der Waals surface area contributed by atoms with Gasteiger partial charge in [0.2, 0.25) is 5.91 Å². The SMILES string of the molecule is COCC(C)NC(=O)/C=C/c1ccc(C)o1. The van der Waals surface area contributed by atoms with Gasteiger partial charge in [-0.3, -0.25) is 4.79 Å². The number of amides is 1. The van der Waals surface area contributed by atoms with Crippen molar-refractivity contribution in [1.82, 2.24) is 5.32 Å². The monoisotopic (exact) mass is 223 g/mol. The van der Waals surface area contributed by atoms with E-state index >= 15 is 0 Å². The van der Waals surface area contributed by atoms with Crippen molar-refractivity contribution in [3.63, 3.8) is 0 Å². The van der Waals surface area contributed by atoms with E-state index in [0.717, 1.165) is 5.76 Å². The molecule has 4 heteroatoms. The van der Waals surface area contributed by atoms with Crippen LogP contribution in [0.4, 0.5) is 0 Å². The zero-order valence-corrected chi connectivity index (χ0v) is 9.82. The maximum absolute atomic E-state index is 11.4. The van der Waals surface area contributed by atoms with Crippen LogP contribution in [0.25, 0.3) is 6.08 Å². The molecule has 0 spiro atoms. The summed E-state index contributed by atoms with van der Waals surface area (Å²) in [7, 11) is 1.60. The minimum Gasteiger partial charge on any atom is -0.462 e. The summed E-state index contributed by atoms with van der Waals surface area (Å²) in [5.41, 5.74) is 0. The molecule has 1 amide bonds. The van der Waals surface area contributed by atoms with Gasteiger partial charge in [-0.2, -0.15) is 0 Å². The highest BCUT2D eigenvalue weighted by molar-refractivity contribution is 5.91. The Bertz CT molecular complexity index is 368. The van der Waals surface area contributed by atoms with Crippen LogP contribution in [0, 0.1) is 6.92 Å². The molecule has 16 heavy (non-hydrogen) atoms. The highest BCUT2D eigenvalue weighted by Gasteiger charge is 2.03. The number of ether oxygens (including phenoxy) is 1. The summed E-state index contributed by atoms with van der Waals surface area (Å²) in [4.78, 5) is 11.4. The van der Waals surface area contributed by atoms with Gasteiger partial charge in [-0.05, 0) is 32.1 Å². The van der Waals surface area contributed by atoms with E-state index in [2.05, 4.69) is 5.32 Å². The molecule has 1 unspecified atom stereocenters. The first kappa shape index (κ1) is 12.5. The number of rotatable bonds is 5. The van der Waals surface area contributed by atoms with Crippen LogP contribution in [0.5, 0.6) is 0 Å². The number of aryl methyl sites for hydroxylation is 1. The predicted octanol–water partition coefficient (Wildman–Crippen LogP) is 1.75. The molecule has 1 aromatic rings. The van der Waals surface area contributed by atoms with Crippen LogP contribution in [0.1, 0.15) is 18.4 Å². The minimum absolute atomic E-state index is 0.000451. The Morgan fingerprint density at radius 2 is 2.38 bits per heavy atom. The number of furan rings is 1. The number of carbonyl (C=O) groups is 1. The second-order valence-corrected chi connectivity index (χ2v) is 3.65. The van der Waals surface area contributed by atoms with Gasteiger partial charge in [0.15, 0.2) is 0 Å². The van der Waals surface area contributed by atoms with Gasteiger partial charge in [-0.15, -0.1) is 0 Å². The first-order valence-corrected chi connectivity index (χ1v) is 5.15. The van der Waals surface area contributed by atoms with Gasteiger partial charge in [0.05, 0.1) is 6.61 Å². The molecule has 0 aliphatic rings. The molecule has 0 bridgehead atoms. The molecular weight excluding hydrogens is 206 g/mol. The maximum Gasteiger partial charge on any atom is 0.244 e. The van der Waals surface area contributed by atoms with Crippen LogP contribution in [0.15, 0.2) is 22.6 Å². The smallest absolute Gasteiger partial charge is 0.244 e. The van der Waals surface area contributed by atoms with Crippen molar-refractivity contribution in [2.24, 2.45) is 0 Å². The second-order valence-electron chi connectivity index (χ2n) is 3.65. The van der Waals surface area contributed by atoms with E-state index in [-0.39, 0.29) is 11.9 Å². The maximum atomic E-state index is 11.4. The summed E-state index contributed by atoms with van der Waals surface area (Å²) in [6.45, 7) is 4.24. The molecule has 0 radical (unpaired) electrons. The summed E-state index contributed by atoms with van der Waals surface area (Å²) < 4.78 is 10.2. The molecule has 0 saturated carbocycles. The highest BCUT2D eigenvalue weighted by Crippen LogP contribution is 2.07. The van der Waals surface area contributed by atoms with Crippen molar-refractivity contribution < 1.29 is 13.9 Å². The normalized spacial score (nSPS) is 12.9. The van der Waals surface area contributed by atoms with Crippen LogP contribution >= 0.6 is 0 Å². The average Bonchev–Trinajstić information content (AvgIpc) is 2.61. The number of methoxy groups -OCH3 is 1. The van der Waals surface area contributed by atoms with Gasteiger partial charge in [-0.1, -0.05) is 0 Å². The first-order chi connectivity index (χ1) is 7.61. The van der Waals surface area contributed by atoms with E-state index in [9.17, 15) is 4.79 Å². The molecule has 1 N–H and O–H groups in total.